The Bertz CT molecular complexity index is 225. The quantitative estimate of drug-likeness (QED) is 0.728. The van der Waals surface area contributed by atoms with Crippen LogP contribution in [0.5, 0.6) is 0 Å². The molecule has 0 aromatic heterocycles. The van der Waals surface area contributed by atoms with E-state index in [9.17, 15) is 0 Å². The summed E-state index contributed by atoms with van der Waals surface area (Å²) < 4.78 is 0. The average molecular weight is 163 g/mol. The summed E-state index contributed by atoms with van der Waals surface area (Å²) in [5, 5.41) is 0. The third-order valence-electron chi connectivity index (χ3n) is 2.26. The van der Waals surface area contributed by atoms with Crippen LogP contribution in [0.2, 0.25) is 0 Å². The molecule has 12 heavy (non-hydrogen) atoms. The molecule has 0 heterocycles. The predicted octanol–water partition coefficient (Wildman–Crippen LogP) is 2.66. The van der Waals surface area contributed by atoms with Crippen molar-refractivity contribution >= 4 is 0 Å². The zero-order chi connectivity index (χ0) is 8.97. The maximum absolute atomic E-state index is 5.89. The van der Waals surface area contributed by atoms with E-state index in [1.54, 1.807) is 0 Å². The lowest BCUT2D eigenvalue weighted by Gasteiger charge is -2.08. The van der Waals surface area contributed by atoms with Crippen molar-refractivity contribution in [2.24, 2.45) is 5.73 Å². The van der Waals surface area contributed by atoms with Gasteiger partial charge in [-0.2, -0.15) is 0 Å². The summed E-state index contributed by atoms with van der Waals surface area (Å²) in [5.74, 6) is 0. The second kappa shape index (κ2) is 4.27. The van der Waals surface area contributed by atoms with Gasteiger partial charge in [0, 0.05) is 6.04 Å². The summed E-state index contributed by atoms with van der Waals surface area (Å²) in [6.07, 6.45) is 2.10. The minimum atomic E-state index is 0.205. The molecule has 0 radical (unpaired) electrons. The van der Waals surface area contributed by atoms with Gasteiger partial charge in [0.1, 0.15) is 0 Å². The van der Waals surface area contributed by atoms with Crippen molar-refractivity contribution in [3.05, 3.63) is 35.4 Å². The zero-order valence-corrected chi connectivity index (χ0v) is 7.88. The molecule has 1 atom stereocenters. The van der Waals surface area contributed by atoms with E-state index in [0.717, 1.165) is 12.8 Å². The van der Waals surface area contributed by atoms with Crippen LogP contribution in [0, 0.1) is 0 Å². The number of hydrogen-bond donors (Lipinski definition) is 1. The summed E-state index contributed by atoms with van der Waals surface area (Å²) in [4.78, 5) is 0. The van der Waals surface area contributed by atoms with Gasteiger partial charge >= 0.3 is 0 Å². The van der Waals surface area contributed by atoms with Crippen LogP contribution in [0.3, 0.4) is 0 Å². The fourth-order valence-electron chi connectivity index (χ4n) is 1.24. The van der Waals surface area contributed by atoms with E-state index in [2.05, 4.69) is 38.1 Å². The molecule has 0 aliphatic rings. The third kappa shape index (κ3) is 2.08. The normalized spacial score (nSPS) is 12.9. The molecule has 0 saturated heterocycles. The Morgan fingerprint density at radius 2 is 1.75 bits per heavy atom. The van der Waals surface area contributed by atoms with Gasteiger partial charge in [0.15, 0.2) is 0 Å². The van der Waals surface area contributed by atoms with Crippen LogP contribution in [-0.4, -0.2) is 0 Å². The van der Waals surface area contributed by atoms with Crippen molar-refractivity contribution in [3.8, 4) is 0 Å². The van der Waals surface area contributed by atoms with Crippen molar-refractivity contribution in [2.45, 2.75) is 32.7 Å². The van der Waals surface area contributed by atoms with Crippen LogP contribution in [0.25, 0.3) is 0 Å². The molecule has 66 valence electrons. The molecule has 1 rings (SSSR count). The largest absolute Gasteiger partial charge is 0.324 e. The number of hydrogen-bond acceptors (Lipinski definition) is 1. The molecule has 1 aromatic carbocycles. The standard InChI is InChI=1S/C11H17N/c1-3-9-5-7-10(8-6-9)11(12)4-2/h5-8,11H,3-4,12H2,1-2H3/t11-/m0/s1. The van der Waals surface area contributed by atoms with E-state index in [0.29, 0.717) is 0 Å². The first-order valence-electron chi connectivity index (χ1n) is 4.62. The molecule has 1 nitrogen and oxygen atoms in total. The Morgan fingerprint density at radius 1 is 1.17 bits per heavy atom. The van der Waals surface area contributed by atoms with Gasteiger partial charge in [0.05, 0.1) is 0 Å². The first-order chi connectivity index (χ1) is 5.77. The first-order valence-corrected chi connectivity index (χ1v) is 4.62. The van der Waals surface area contributed by atoms with Crippen LogP contribution in [0.1, 0.15) is 37.4 Å². The third-order valence-corrected chi connectivity index (χ3v) is 2.26. The molecule has 1 heteroatoms. The Balaban J connectivity index is 2.77. The van der Waals surface area contributed by atoms with Crippen molar-refractivity contribution < 1.29 is 0 Å². The molecule has 1 aromatic rings. The minimum absolute atomic E-state index is 0.205. The van der Waals surface area contributed by atoms with Gasteiger partial charge in [-0.05, 0) is 24.0 Å². The summed E-state index contributed by atoms with van der Waals surface area (Å²) in [5.41, 5.74) is 8.51. The van der Waals surface area contributed by atoms with Gasteiger partial charge in [0.2, 0.25) is 0 Å². The molecule has 0 spiro atoms. The van der Waals surface area contributed by atoms with Crippen molar-refractivity contribution in [3.63, 3.8) is 0 Å². The van der Waals surface area contributed by atoms with E-state index >= 15 is 0 Å². The van der Waals surface area contributed by atoms with E-state index < -0.39 is 0 Å². The van der Waals surface area contributed by atoms with Crippen LogP contribution in [0.15, 0.2) is 24.3 Å². The van der Waals surface area contributed by atoms with Crippen molar-refractivity contribution in [1.82, 2.24) is 0 Å². The SMILES string of the molecule is CCc1ccc([C@@H](N)CC)cc1. The highest BCUT2D eigenvalue weighted by molar-refractivity contribution is 5.24. The lowest BCUT2D eigenvalue weighted by Crippen LogP contribution is -2.08. The highest BCUT2D eigenvalue weighted by Gasteiger charge is 2.01. The van der Waals surface area contributed by atoms with Crippen LogP contribution >= 0.6 is 0 Å². The predicted molar refractivity (Wildman–Crippen MR) is 53.0 cm³/mol. The molecular weight excluding hydrogens is 146 g/mol. The monoisotopic (exact) mass is 163 g/mol. The van der Waals surface area contributed by atoms with Gasteiger partial charge in [-0.25, -0.2) is 0 Å². The number of aryl methyl sites for hydroxylation is 1. The van der Waals surface area contributed by atoms with Gasteiger partial charge < -0.3 is 5.73 Å². The lowest BCUT2D eigenvalue weighted by molar-refractivity contribution is 0.698. The Morgan fingerprint density at radius 3 is 2.17 bits per heavy atom. The van der Waals surface area contributed by atoms with E-state index in [1.165, 1.54) is 11.1 Å². The van der Waals surface area contributed by atoms with E-state index in [-0.39, 0.29) is 6.04 Å². The summed E-state index contributed by atoms with van der Waals surface area (Å²) in [7, 11) is 0. The minimum Gasteiger partial charge on any atom is -0.324 e. The highest BCUT2D eigenvalue weighted by atomic mass is 14.6. The number of rotatable bonds is 3. The molecule has 0 saturated carbocycles. The highest BCUT2D eigenvalue weighted by Crippen LogP contribution is 2.14. The van der Waals surface area contributed by atoms with Crippen LogP contribution < -0.4 is 5.73 Å². The summed E-state index contributed by atoms with van der Waals surface area (Å²) in [6, 6.07) is 8.78. The van der Waals surface area contributed by atoms with Crippen LogP contribution in [-0.2, 0) is 6.42 Å². The number of benzene rings is 1. The van der Waals surface area contributed by atoms with Gasteiger partial charge in [-0.15, -0.1) is 0 Å². The molecule has 0 aliphatic carbocycles. The second-order valence-electron chi connectivity index (χ2n) is 3.11. The Labute approximate surface area is 74.6 Å². The van der Waals surface area contributed by atoms with Gasteiger partial charge in [-0.1, -0.05) is 38.1 Å². The molecule has 0 fully saturated rings. The van der Waals surface area contributed by atoms with Gasteiger partial charge in [-0.3, -0.25) is 0 Å². The summed E-state index contributed by atoms with van der Waals surface area (Å²) in [6.45, 7) is 4.27. The van der Waals surface area contributed by atoms with Crippen molar-refractivity contribution in [2.75, 3.05) is 0 Å². The summed E-state index contributed by atoms with van der Waals surface area (Å²) >= 11 is 0. The Kier molecular flexibility index (Phi) is 3.30. The molecule has 2 N–H and O–H groups in total. The fourth-order valence-corrected chi connectivity index (χ4v) is 1.24. The maximum atomic E-state index is 5.89. The molecular formula is C11H17N. The van der Waals surface area contributed by atoms with Crippen LogP contribution in [0.4, 0.5) is 0 Å². The zero-order valence-electron chi connectivity index (χ0n) is 7.88. The first kappa shape index (κ1) is 9.27. The lowest BCUT2D eigenvalue weighted by atomic mass is 10.0. The second-order valence-corrected chi connectivity index (χ2v) is 3.11. The maximum Gasteiger partial charge on any atom is 0.0292 e. The Hall–Kier alpha value is -0.820. The molecule has 0 unspecified atom stereocenters. The molecule has 0 aliphatic heterocycles. The molecule has 0 bridgehead atoms. The van der Waals surface area contributed by atoms with E-state index in [4.69, 9.17) is 5.73 Å². The number of nitrogens with two attached hydrogens (primary N) is 1. The fraction of sp³-hybridized carbons (Fsp3) is 0.455. The van der Waals surface area contributed by atoms with Crippen molar-refractivity contribution in [1.29, 1.82) is 0 Å². The average Bonchev–Trinajstić information content (AvgIpc) is 2.17. The van der Waals surface area contributed by atoms with E-state index in [1.807, 2.05) is 0 Å². The van der Waals surface area contributed by atoms with Gasteiger partial charge in [0.25, 0.3) is 0 Å². The smallest absolute Gasteiger partial charge is 0.0292 e. The topological polar surface area (TPSA) is 26.0 Å². The molecule has 0 amide bonds.